The van der Waals surface area contributed by atoms with E-state index in [9.17, 15) is 18.0 Å². The van der Waals surface area contributed by atoms with Crippen LogP contribution in [-0.4, -0.2) is 56.6 Å². The zero-order valence-corrected chi connectivity index (χ0v) is 23.7. The minimum Gasteiger partial charge on any atom is -0.495 e. The number of benzene rings is 2. The normalized spacial score (nSPS) is 12.6. The van der Waals surface area contributed by atoms with Gasteiger partial charge in [-0.2, -0.15) is 0 Å². The van der Waals surface area contributed by atoms with Gasteiger partial charge >= 0.3 is 0 Å². The summed E-state index contributed by atoms with van der Waals surface area (Å²) in [7, 11) is -2.41. The van der Waals surface area contributed by atoms with E-state index in [0.717, 1.165) is 26.2 Å². The molecule has 2 amide bonds. The highest BCUT2D eigenvalue weighted by molar-refractivity contribution is 9.10. The maximum absolute atomic E-state index is 13.6. The first-order valence-electron chi connectivity index (χ1n) is 11.1. The highest BCUT2D eigenvalue weighted by atomic mass is 79.9. The van der Waals surface area contributed by atoms with Gasteiger partial charge in [0.05, 0.1) is 19.1 Å². The summed E-state index contributed by atoms with van der Waals surface area (Å²) in [5, 5.41) is 2.90. The minimum atomic E-state index is -3.85. The Morgan fingerprint density at radius 1 is 1.11 bits per heavy atom. The van der Waals surface area contributed by atoms with Gasteiger partial charge in [-0.3, -0.25) is 13.9 Å². The van der Waals surface area contributed by atoms with Crippen LogP contribution in [0.4, 0.5) is 5.69 Å². The van der Waals surface area contributed by atoms with E-state index < -0.39 is 34.1 Å². The van der Waals surface area contributed by atoms with Crippen molar-refractivity contribution in [1.29, 1.82) is 0 Å². The molecule has 0 spiro atoms. The van der Waals surface area contributed by atoms with Crippen LogP contribution >= 0.6 is 15.9 Å². The van der Waals surface area contributed by atoms with Gasteiger partial charge in [0.1, 0.15) is 18.3 Å². The molecule has 0 aromatic heterocycles. The number of carbonyl (C=O) groups excluding carboxylic acids is 2. The van der Waals surface area contributed by atoms with Crippen LogP contribution in [-0.2, 0) is 26.2 Å². The van der Waals surface area contributed by atoms with Crippen molar-refractivity contribution in [3.05, 3.63) is 58.1 Å². The number of anilines is 1. The van der Waals surface area contributed by atoms with Crippen LogP contribution in [0.15, 0.2) is 46.9 Å². The molecule has 2 rings (SSSR count). The molecule has 0 saturated carbocycles. The number of methoxy groups -OCH3 is 1. The fraction of sp³-hybridized carbons (Fsp3) is 0.440. The second-order valence-electron chi connectivity index (χ2n) is 9.51. The molecule has 0 unspecified atom stereocenters. The fourth-order valence-electron chi connectivity index (χ4n) is 3.43. The zero-order valence-electron chi connectivity index (χ0n) is 21.3. The van der Waals surface area contributed by atoms with E-state index in [1.54, 1.807) is 25.1 Å². The van der Waals surface area contributed by atoms with Gasteiger partial charge in [-0.15, -0.1) is 0 Å². The maximum Gasteiger partial charge on any atom is 0.244 e. The first-order valence-corrected chi connectivity index (χ1v) is 13.7. The summed E-state index contributed by atoms with van der Waals surface area (Å²) in [6, 6.07) is 11.6. The van der Waals surface area contributed by atoms with Gasteiger partial charge in [0.15, 0.2) is 0 Å². The van der Waals surface area contributed by atoms with E-state index in [1.165, 1.54) is 12.0 Å². The third-order valence-corrected chi connectivity index (χ3v) is 6.87. The third-order valence-electron chi connectivity index (χ3n) is 5.21. The molecule has 0 radical (unpaired) electrons. The van der Waals surface area contributed by atoms with Crippen LogP contribution in [0.2, 0.25) is 0 Å². The molecule has 0 bridgehead atoms. The second-order valence-corrected chi connectivity index (χ2v) is 12.3. The van der Waals surface area contributed by atoms with Crippen molar-refractivity contribution in [2.75, 3.05) is 24.2 Å². The Morgan fingerprint density at radius 3 is 2.23 bits per heavy atom. The van der Waals surface area contributed by atoms with Crippen molar-refractivity contribution in [1.82, 2.24) is 10.2 Å². The lowest BCUT2D eigenvalue weighted by molar-refractivity contribution is -0.140. The second kappa shape index (κ2) is 11.4. The number of aryl methyl sites for hydroxylation is 1. The van der Waals surface area contributed by atoms with Crippen LogP contribution in [0.1, 0.15) is 38.8 Å². The van der Waals surface area contributed by atoms with Crippen molar-refractivity contribution in [2.45, 2.75) is 52.7 Å². The highest BCUT2D eigenvalue weighted by Crippen LogP contribution is 2.31. The quantitative estimate of drug-likeness (QED) is 0.496. The molecule has 0 fully saturated rings. The Morgan fingerprint density at radius 2 is 1.71 bits per heavy atom. The van der Waals surface area contributed by atoms with Crippen LogP contribution in [0.5, 0.6) is 5.75 Å². The molecule has 192 valence electrons. The smallest absolute Gasteiger partial charge is 0.244 e. The first kappa shape index (κ1) is 28.6. The molecule has 1 N–H and O–H groups in total. The number of rotatable bonds is 9. The van der Waals surface area contributed by atoms with Crippen molar-refractivity contribution < 1.29 is 22.7 Å². The van der Waals surface area contributed by atoms with Gasteiger partial charge in [-0.25, -0.2) is 8.42 Å². The molecule has 1 atom stereocenters. The van der Waals surface area contributed by atoms with E-state index >= 15 is 0 Å². The number of sulfonamides is 1. The molecular formula is C25H34BrN3O5S. The standard InChI is InChI=1S/C25H34BrN3O5S/c1-17-8-13-22(34-6)21(14-17)29(35(7,32)33)16-23(30)28(15-19-9-11-20(26)12-10-19)18(2)24(31)27-25(3,4)5/h8-14,18H,15-16H2,1-7H3,(H,27,31)/t18-/m0/s1. The number of amides is 2. The summed E-state index contributed by atoms with van der Waals surface area (Å²) >= 11 is 3.40. The van der Waals surface area contributed by atoms with Crippen molar-refractivity contribution in [2.24, 2.45) is 0 Å². The molecule has 8 nitrogen and oxygen atoms in total. The van der Waals surface area contributed by atoms with E-state index in [4.69, 9.17) is 4.74 Å². The largest absolute Gasteiger partial charge is 0.495 e. The van der Waals surface area contributed by atoms with Gasteiger partial charge in [0.2, 0.25) is 21.8 Å². The Labute approximate surface area is 216 Å². The number of nitrogens with zero attached hydrogens (tertiary/aromatic N) is 2. The van der Waals surface area contributed by atoms with Crippen LogP contribution in [0, 0.1) is 6.92 Å². The van der Waals surface area contributed by atoms with Gasteiger partial charge in [-0.05, 0) is 70.0 Å². The predicted molar refractivity (Wildman–Crippen MR) is 142 cm³/mol. The molecule has 0 aliphatic rings. The van der Waals surface area contributed by atoms with Gasteiger partial charge < -0.3 is 15.0 Å². The molecule has 2 aromatic carbocycles. The van der Waals surface area contributed by atoms with Crippen molar-refractivity contribution in [3.63, 3.8) is 0 Å². The van der Waals surface area contributed by atoms with Crippen LogP contribution in [0.3, 0.4) is 0 Å². The lowest BCUT2D eigenvalue weighted by Gasteiger charge is -2.33. The summed E-state index contributed by atoms with van der Waals surface area (Å²) in [6.07, 6.45) is 1.04. The topological polar surface area (TPSA) is 96.0 Å². The molecular weight excluding hydrogens is 534 g/mol. The molecule has 2 aromatic rings. The summed E-state index contributed by atoms with van der Waals surface area (Å²) in [5.41, 5.74) is 1.38. The Hall–Kier alpha value is -2.59. The Balaban J connectivity index is 2.47. The Bertz CT molecular complexity index is 1160. The van der Waals surface area contributed by atoms with E-state index in [0.29, 0.717) is 5.75 Å². The van der Waals surface area contributed by atoms with E-state index in [1.807, 2.05) is 52.0 Å². The number of carbonyl (C=O) groups is 2. The highest BCUT2D eigenvalue weighted by Gasteiger charge is 2.32. The van der Waals surface area contributed by atoms with Gasteiger partial charge in [0.25, 0.3) is 0 Å². The molecule has 0 aliphatic carbocycles. The average molecular weight is 569 g/mol. The number of nitrogens with one attached hydrogen (secondary N) is 1. The molecule has 35 heavy (non-hydrogen) atoms. The van der Waals surface area contributed by atoms with Gasteiger partial charge in [0, 0.05) is 16.6 Å². The average Bonchev–Trinajstić information content (AvgIpc) is 2.74. The van der Waals surface area contributed by atoms with E-state index in [-0.39, 0.29) is 18.1 Å². The van der Waals surface area contributed by atoms with Gasteiger partial charge in [-0.1, -0.05) is 34.1 Å². The van der Waals surface area contributed by atoms with Crippen molar-refractivity contribution >= 4 is 43.5 Å². The first-order chi connectivity index (χ1) is 16.1. The molecule has 10 heteroatoms. The van der Waals surface area contributed by atoms with E-state index in [2.05, 4.69) is 21.2 Å². The summed E-state index contributed by atoms with van der Waals surface area (Å²) < 4.78 is 32.8. The van der Waals surface area contributed by atoms with Crippen molar-refractivity contribution in [3.8, 4) is 5.75 Å². The monoisotopic (exact) mass is 567 g/mol. The molecule has 0 heterocycles. The van der Waals surface area contributed by atoms with Crippen LogP contribution in [0.25, 0.3) is 0 Å². The van der Waals surface area contributed by atoms with Crippen LogP contribution < -0.4 is 14.4 Å². The summed E-state index contributed by atoms with van der Waals surface area (Å²) in [4.78, 5) is 28.0. The summed E-state index contributed by atoms with van der Waals surface area (Å²) in [5.74, 6) is -0.521. The predicted octanol–water partition coefficient (Wildman–Crippen LogP) is 3.86. The number of halogens is 1. The fourth-order valence-corrected chi connectivity index (χ4v) is 4.54. The maximum atomic E-state index is 13.6. The zero-order chi connectivity index (χ0) is 26.6. The number of hydrogen-bond donors (Lipinski definition) is 1. The lowest BCUT2D eigenvalue weighted by Crippen LogP contribution is -2.54. The Kier molecular flexibility index (Phi) is 9.36. The third kappa shape index (κ3) is 8.24. The molecule has 0 aliphatic heterocycles. The number of hydrogen-bond acceptors (Lipinski definition) is 5. The lowest BCUT2D eigenvalue weighted by atomic mass is 10.1. The minimum absolute atomic E-state index is 0.132. The SMILES string of the molecule is COc1ccc(C)cc1N(CC(=O)N(Cc1ccc(Br)cc1)[C@@H](C)C(=O)NC(C)(C)C)S(C)(=O)=O. The molecule has 0 saturated heterocycles. The summed E-state index contributed by atoms with van der Waals surface area (Å²) in [6.45, 7) is 8.67. The number of ether oxygens (including phenoxy) is 1.